The molecule has 2 rings (SSSR count). The Morgan fingerprint density at radius 1 is 1.54 bits per heavy atom. The normalized spacial score (nSPS) is 11.0. The van der Waals surface area contributed by atoms with Crippen molar-refractivity contribution in [1.82, 2.24) is 0 Å². The Kier molecular flexibility index (Phi) is 2.58. The molecular weight excluding hydrogens is 275 g/mol. The zero-order chi connectivity index (χ0) is 9.42. The summed E-state index contributed by atoms with van der Waals surface area (Å²) in [7, 11) is 0. The van der Waals surface area contributed by atoms with Crippen LogP contribution in [0.15, 0.2) is 22.0 Å². The number of rotatable bonds is 1. The Balaban J connectivity index is 2.83. The predicted molar refractivity (Wildman–Crippen MR) is 59.0 cm³/mol. The molecule has 13 heavy (non-hydrogen) atoms. The molecule has 0 aliphatic rings. The maximum Gasteiger partial charge on any atom is 0.142 e. The van der Waals surface area contributed by atoms with Crippen molar-refractivity contribution in [3.63, 3.8) is 0 Å². The Morgan fingerprint density at radius 2 is 2.31 bits per heavy atom. The molecular formula is C9H5BrClFS. The van der Waals surface area contributed by atoms with E-state index in [-0.39, 0.29) is 11.7 Å². The fourth-order valence-corrected chi connectivity index (χ4v) is 2.98. The number of thiophene rings is 1. The van der Waals surface area contributed by atoms with E-state index in [1.165, 1.54) is 0 Å². The van der Waals surface area contributed by atoms with E-state index in [1.807, 2.05) is 11.4 Å². The van der Waals surface area contributed by atoms with Crippen LogP contribution in [0.5, 0.6) is 0 Å². The van der Waals surface area contributed by atoms with E-state index >= 15 is 0 Å². The summed E-state index contributed by atoms with van der Waals surface area (Å²) in [4.78, 5) is 0. The monoisotopic (exact) mass is 278 g/mol. The van der Waals surface area contributed by atoms with Crippen molar-refractivity contribution in [2.45, 2.75) is 5.88 Å². The van der Waals surface area contributed by atoms with Gasteiger partial charge in [-0.25, -0.2) is 4.39 Å². The molecule has 2 aromatic rings. The smallest absolute Gasteiger partial charge is 0.142 e. The number of benzene rings is 1. The lowest BCUT2D eigenvalue weighted by molar-refractivity contribution is 0.613. The average Bonchev–Trinajstić information content (AvgIpc) is 2.59. The van der Waals surface area contributed by atoms with Gasteiger partial charge in [-0.2, -0.15) is 0 Å². The van der Waals surface area contributed by atoms with Gasteiger partial charge in [-0.15, -0.1) is 22.9 Å². The first-order valence-corrected chi connectivity index (χ1v) is 5.85. The minimum atomic E-state index is -0.249. The van der Waals surface area contributed by atoms with Gasteiger partial charge in [-0.3, -0.25) is 0 Å². The van der Waals surface area contributed by atoms with Gasteiger partial charge in [-0.1, -0.05) is 0 Å². The third kappa shape index (κ3) is 1.49. The topological polar surface area (TPSA) is 0 Å². The summed E-state index contributed by atoms with van der Waals surface area (Å²) in [6.45, 7) is 0. The predicted octanol–water partition coefficient (Wildman–Crippen LogP) is 4.54. The van der Waals surface area contributed by atoms with Crippen molar-refractivity contribution in [3.8, 4) is 0 Å². The van der Waals surface area contributed by atoms with Crippen LogP contribution in [0.25, 0.3) is 10.1 Å². The third-order valence-corrected chi connectivity index (χ3v) is 3.78. The molecule has 0 saturated carbocycles. The third-order valence-electron chi connectivity index (χ3n) is 1.86. The lowest BCUT2D eigenvalue weighted by atomic mass is 10.2. The van der Waals surface area contributed by atoms with E-state index in [2.05, 4.69) is 15.9 Å². The van der Waals surface area contributed by atoms with Crippen molar-refractivity contribution >= 4 is 49.0 Å². The van der Waals surface area contributed by atoms with Crippen LogP contribution in [-0.2, 0) is 5.88 Å². The number of alkyl halides is 1. The zero-order valence-electron chi connectivity index (χ0n) is 6.48. The van der Waals surface area contributed by atoms with Crippen LogP contribution in [0, 0.1) is 5.82 Å². The molecule has 68 valence electrons. The first kappa shape index (κ1) is 9.44. The number of hydrogen-bond donors (Lipinski definition) is 0. The van der Waals surface area contributed by atoms with Gasteiger partial charge in [0.25, 0.3) is 0 Å². The SMILES string of the molecule is Fc1c(CCl)cc2sccc2c1Br. The minimum absolute atomic E-state index is 0.207. The molecule has 1 aromatic carbocycles. The number of halogens is 3. The number of hydrogen-bond acceptors (Lipinski definition) is 1. The van der Waals surface area contributed by atoms with Gasteiger partial charge in [0.05, 0.1) is 10.4 Å². The van der Waals surface area contributed by atoms with Crippen molar-refractivity contribution in [1.29, 1.82) is 0 Å². The maximum absolute atomic E-state index is 13.5. The highest BCUT2D eigenvalue weighted by Crippen LogP contribution is 2.33. The van der Waals surface area contributed by atoms with Crippen LogP contribution in [-0.4, -0.2) is 0 Å². The molecule has 0 radical (unpaired) electrons. The van der Waals surface area contributed by atoms with Crippen LogP contribution >= 0.6 is 38.9 Å². The second-order valence-corrected chi connectivity index (χ2v) is 4.64. The molecule has 0 aliphatic carbocycles. The molecule has 4 heteroatoms. The molecule has 1 aromatic heterocycles. The molecule has 0 spiro atoms. The number of fused-ring (bicyclic) bond motifs is 1. The molecule has 0 unspecified atom stereocenters. The first-order valence-electron chi connectivity index (χ1n) is 3.64. The molecule has 0 saturated heterocycles. The van der Waals surface area contributed by atoms with Crippen molar-refractivity contribution in [2.75, 3.05) is 0 Å². The Morgan fingerprint density at radius 3 is 3.00 bits per heavy atom. The lowest BCUT2D eigenvalue weighted by Crippen LogP contribution is -1.87. The Bertz CT molecular complexity index is 452. The van der Waals surface area contributed by atoms with Crippen LogP contribution in [0.1, 0.15) is 5.56 Å². The van der Waals surface area contributed by atoms with Gasteiger partial charge < -0.3 is 0 Å². The summed E-state index contributed by atoms with van der Waals surface area (Å²) in [6.07, 6.45) is 0. The summed E-state index contributed by atoms with van der Waals surface area (Å²) in [6, 6.07) is 3.69. The highest BCUT2D eigenvalue weighted by Gasteiger charge is 2.10. The molecule has 0 N–H and O–H groups in total. The van der Waals surface area contributed by atoms with E-state index in [9.17, 15) is 4.39 Å². The highest BCUT2D eigenvalue weighted by molar-refractivity contribution is 9.10. The van der Waals surface area contributed by atoms with Crippen LogP contribution in [0.3, 0.4) is 0 Å². The van der Waals surface area contributed by atoms with E-state index in [0.29, 0.717) is 10.0 Å². The summed E-state index contributed by atoms with van der Waals surface area (Å²) in [5.41, 5.74) is 0.545. The molecule has 0 fully saturated rings. The average molecular weight is 280 g/mol. The van der Waals surface area contributed by atoms with Gasteiger partial charge in [0.2, 0.25) is 0 Å². The molecule has 0 bridgehead atoms. The van der Waals surface area contributed by atoms with E-state index < -0.39 is 0 Å². The standard InChI is InChI=1S/C9H5BrClFS/c10-8-6-1-2-13-7(6)3-5(4-11)9(8)12/h1-3H,4H2. The van der Waals surface area contributed by atoms with E-state index in [1.54, 1.807) is 17.4 Å². The summed E-state index contributed by atoms with van der Waals surface area (Å²) in [5, 5.41) is 2.85. The van der Waals surface area contributed by atoms with E-state index in [0.717, 1.165) is 10.1 Å². The van der Waals surface area contributed by atoms with E-state index in [4.69, 9.17) is 11.6 Å². The van der Waals surface area contributed by atoms with Gasteiger partial charge >= 0.3 is 0 Å². The largest absolute Gasteiger partial charge is 0.205 e. The summed E-state index contributed by atoms with van der Waals surface area (Å²) >= 11 is 10.4. The molecule has 0 aliphatic heterocycles. The fraction of sp³-hybridized carbons (Fsp3) is 0.111. The second-order valence-electron chi connectivity index (χ2n) is 2.63. The lowest BCUT2D eigenvalue weighted by Gasteiger charge is -2.02. The molecule has 1 heterocycles. The van der Waals surface area contributed by atoms with Crippen molar-refractivity contribution < 1.29 is 4.39 Å². The molecule has 0 amide bonds. The van der Waals surface area contributed by atoms with Gasteiger partial charge in [0.15, 0.2) is 0 Å². The van der Waals surface area contributed by atoms with Crippen LogP contribution in [0.4, 0.5) is 4.39 Å². The fourth-order valence-electron chi connectivity index (χ4n) is 1.19. The quantitative estimate of drug-likeness (QED) is 0.672. The van der Waals surface area contributed by atoms with Crippen molar-refractivity contribution in [3.05, 3.63) is 33.4 Å². The van der Waals surface area contributed by atoms with Gasteiger partial charge in [-0.05, 0) is 33.4 Å². The Labute approximate surface area is 92.5 Å². The van der Waals surface area contributed by atoms with Gasteiger partial charge in [0, 0.05) is 15.6 Å². The van der Waals surface area contributed by atoms with Crippen LogP contribution < -0.4 is 0 Å². The van der Waals surface area contributed by atoms with Gasteiger partial charge in [0.1, 0.15) is 5.82 Å². The summed E-state index contributed by atoms with van der Waals surface area (Å²) < 4.78 is 15.1. The van der Waals surface area contributed by atoms with Crippen molar-refractivity contribution in [2.24, 2.45) is 0 Å². The molecule has 0 nitrogen and oxygen atoms in total. The minimum Gasteiger partial charge on any atom is -0.205 e. The summed E-state index contributed by atoms with van der Waals surface area (Å²) in [5.74, 6) is -0.0425. The zero-order valence-corrected chi connectivity index (χ0v) is 9.64. The highest BCUT2D eigenvalue weighted by atomic mass is 79.9. The second kappa shape index (κ2) is 3.56. The Hall–Kier alpha value is -0.120. The first-order chi connectivity index (χ1) is 6.24. The van der Waals surface area contributed by atoms with Crippen LogP contribution in [0.2, 0.25) is 0 Å². The maximum atomic E-state index is 13.5. The molecule has 0 atom stereocenters.